The molecule has 4 heteroatoms. The maximum Gasteiger partial charge on any atom is 0.0900 e. The van der Waals surface area contributed by atoms with Crippen molar-refractivity contribution in [3.8, 4) is 0 Å². The van der Waals surface area contributed by atoms with Gasteiger partial charge in [-0.15, -0.1) is 11.3 Å². The summed E-state index contributed by atoms with van der Waals surface area (Å²) in [6.07, 6.45) is 1.17. The first kappa shape index (κ1) is 14.6. The Morgan fingerprint density at radius 1 is 1.29 bits per heavy atom. The summed E-state index contributed by atoms with van der Waals surface area (Å²) in [7, 11) is 4.24. The van der Waals surface area contributed by atoms with Gasteiger partial charge in [-0.3, -0.25) is 0 Å². The van der Waals surface area contributed by atoms with Crippen LogP contribution in [0.25, 0.3) is 0 Å². The lowest BCUT2D eigenvalue weighted by Crippen LogP contribution is -2.31. The minimum atomic E-state index is 0.401. The maximum absolute atomic E-state index is 4.48. The second kappa shape index (κ2) is 6.47. The van der Waals surface area contributed by atoms with Crippen molar-refractivity contribution in [3.05, 3.63) is 15.6 Å². The minimum Gasteiger partial charge on any atom is -0.309 e. The summed E-state index contributed by atoms with van der Waals surface area (Å²) in [5.74, 6) is 0. The van der Waals surface area contributed by atoms with Gasteiger partial charge in [-0.25, -0.2) is 4.98 Å². The first-order valence-electron chi connectivity index (χ1n) is 6.25. The summed E-state index contributed by atoms with van der Waals surface area (Å²) in [5, 5.41) is 4.81. The van der Waals surface area contributed by atoms with Crippen LogP contribution >= 0.6 is 11.3 Å². The normalized spacial score (nSPS) is 15.2. The van der Waals surface area contributed by atoms with Gasteiger partial charge < -0.3 is 10.2 Å². The predicted molar refractivity (Wildman–Crippen MR) is 75.8 cm³/mol. The Kier molecular flexibility index (Phi) is 5.56. The topological polar surface area (TPSA) is 28.2 Å². The molecule has 0 amide bonds. The zero-order chi connectivity index (χ0) is 13.0. The summed E-state index contributed by atoms with van der Waals surface area (Å²) >= 11 is 1.80. The van der Waals surface area contributed by atoms with Gasteiger partial charge in [-0.05, 0) is 54.8 Å². The molecule has 0 radical (unpaired) electrons. The molecule has 17 heavy (non-hydrogen) atoms. The van der Waals surface area contributed by atoms with Crippen LogP contribution in [-0.2, 0) is 0 Å². The Morgan fingerprint density at radius 2 is 1.94 bits per heavy atom. The van der Waals surface area contributed by atoms with Gasteiger partial charge in [0.2, 0.25) is 0 Å². The third-order valence-electron chi connectivity index (χ3n) is 2.88. The second-order valence-electron chi connectivity index (χ2n) is 5.06. The fourth-order valence-corrected chi connectivity index (χ4v) is 2.93. The highest BCUT2D eigenvalue weighted by Crippen LogP contribution is 2.24. The van der Waals surface area contributed by atoms with Crippen LogP contribution in [0, 0.1) is 13.8 Å². The Balaban J connectivity index is 2.48. The highest BCUT2D eigenvalue weighted by atomic mass is 32.1. The molecule has 1 aromatic heterocycles. The van der Waals surface area contributed by atoms with Gasteiger partial charge in [0.25, 0.3) is 0 Å². The summed E-state index contributed by atoms with van der Waals surface area (Å²) in [5.41, 5.74) is 1.17. The van der Waals surface area contributed by atoms with E-state index in [0.717, 1.165) is 11.6 Å². The molecule has 2 unspecified atom stereocenters. The first-order valence-corrected chi connectivity index (χ1v) is 7.06. The molecule has 1 heterocycles. The van der Waals surface area contributed by atoms with Crippen molar-refractivity contribution < 1.29 is 0 Å². The zero-order valence-electron chi connectivity index (χ0n) is 11.9. The second-order valence-corrected chi connectivity index (χ2v) is 6.30. The SMILES string of the molecule is Cc1nc(C)c(C(C)NC(C)CCN(C)C)s1. The summed E-state index contributed by atoms with van der Waals surface area (Å²) in [4.78, 5) is 8.09. The third kappa shape index (κ3) is 4.74. The molecule has 2 atom stereocenters. The van der Waals surface area contributed by atoms with E-state index in [2.05, 4.69) is 57.0 Å². The lowest BCUT2D eigenvalue weighted by Gasteiger charge is -2.21. The number of hydrogen-bond donors (Lipinski definition) is 1. The van der Waals surface area contributed by atoms with Crippen LogP contribution in [0.1, 0.15) is 41.9 Å². The molecule has 0 bridgehead atoms. The van der Waals surface area contributed by atoms with Crippen LogP contribution in [0.3, 0.4) is 0 Å². The van der Waals surface area contributed by atoms with Crippen molar-refractivity contribution in [1.82, 2.24) is 15.2 Å². The van der Waals surface area contributed by atoms with Crippen molar-refractivity contribution in [2.75, 3.05) is 20.6 Å². The van der Waals surface area contributed by atoms with E-state index in [0.29, 0.717) is 12.1 Å². The number of thiazole rings is 1. The fourth-order valence-electron chi connectivity index (χ4n) is 1.99. The van der Waals surface area contributed by atoms with E-state index in [1.165, 1.54) is 17.0 Å². The molecule has 1 rings (SSSR count). The van der Waals surface area contributed by atoms with Crippen LogP contribution < -0.4 is 5.32 Å². The molecule has 1 aromatic rings. The van der Waals surface area contributed by atoms with Crippen molar-refractivity contribution in [3.63, 3.8) is 0 Å². The Labute approximate surface area is 109 Å². The molecule has 0 saturated heterocycles. The molecule has 0 spiro atoms. The van der Waals surface area contributed by atoms with Gasteiger partial charge in [0.15, 0.2) is 0 Å². The number of nitrogens with one attached hydrogen (secondary N) is 1. The number of aryl methyl sites for hydroxylation is 2. The molecule has 0 aliphatic carbocycles. The highest BCUT2D eigenvalue weighted by molar-refractivity contribution is 7.11. The van der Waals surface area contributed by atoms with E-state index in [4.69, 9.17) is 0 Å². The van der Waals surface area contributed by atoms with Crippen LogP contribution in [0.15, 0.2) is 0 Å². The molecule has 0 aliphatic rings. The van der Waals surface area contributed by atoms with E-state index in [-0.39, 0.29) is 0 Å². The lowest BCUT2D eigenvalue weighted by molar-refractivity contribution is 0.355. The minimum absolute atomic E-state index is 0.401. The van der Waals surface area contributed by atoms with Gasteiger partial charge >= 0.3 is 0 Å². The van der Waals surface area contributed by atoms with E-state index < -0.39 is 0 Å². The van der Waals surface area contributed by atoms with Gasteiger partial charge in [-0.1, -0.05) is 0 Å². The van der Waals surface area contributed by atoms with Gasteiger partial charge in [0, 0.05) is 17.0 Å². The largest absolute Gasteiger partial charge is 0.309 e. The van der Waals surface area contributed by atoms with Crippen molar-refractivity contribution in [2.24, 2.45) is 0 Å². The first-order chi connectivity index (χ1) is 7.90. The van der Waals surface area contributed by atoms with Gasteiger partial charge in [0.05, 0.1) is 10.7 Å². The van der Waals surface area contributed by atoms with Crippen molar-refractivity contribution >= 4 is 11.3 Å². The zero-order valence-corrected chi connectivity index (χ0v) is 12.7. The number of hydrogen-bond acceptors (Lipinski definition) is 4. The van der Waals surface area contributed by atoms with Crippen molar-refractivity contribution in [1.29, 1.82) is 0 Å². The predicted octanol–water partition coefficient (Wildman–Crippen LogP) is 2.75. The van der Waals surface area contributed by atoms with E-state index in [1.54, 1.807) is 11.3 Å². The Morgan fingerprint density at radius 3 is 2.41 bits per heavy atom. The summed E-state index contributed by atoms with van der Waals surface area (Å²) in [6.45, 7) is 9.78. The molecule has 0 aliphatic heterocycles. The number of rotatable bonds is 6. The number of nitrogens with zero attached hydrogens (tertiary/aromatic N) is 2. The summed E-state index contributed by atoms with van der Waals surface area (Å²) in [6, 6.07) is 0.938. The average Bonchev–Trinajstić information content (AvgIpc) is 2.55. The molecular formula is C13H25N3S. The Bertz CT molecular complexity index is 346. The molecule has 0 aromatic carbocycles. The Hall–Kier alpha value is -0.450. The quantitative estimate of drug-likeness (QED) is 0.847. The fraction of sp³-hybridized carbons (Fsp3) is 0.769. The van der Waals surface area contributed by atoms with Crippen LogP contribution in [0.4, 0.5) is 0 Å². The van der Waals surface area contributed by atoms with E-state index >= 15 is 0 Å². The molecule has 98 valence electrons. The summed E-state index contributed by atoms with van der Waals surface area (Å²) < 4.78 is 0. The van der Waals surface area contributed by atoms with Crippen LogP contribution in [0.5, 0.6) is 0 Å². The van der Waals surface area contributed by atoms with Gasteiger partial charge in [0.1, 0.15) is 0 Å². The standard InChI is InChI=1S/C13H25N3S/c1-9(7-8-16(5)6)14-10(2)13-11(3)15-12(4)17-13/h9-10,14H,7-8H2,1-6H3. The van der Waals surface area contributed by atoms with E-state index in [9.17, 15) is 0 Å². The molecule has 0 saturated carbocycles. The van der Waals surface area contributed by atoms with E-state index in [1.807, 2.05) is 0 Å². The monoisotopic (exact) mass is 255 g/mol. The molecule has 3 nitrogen and oxygen atoms in total. The molecule has 0 fully saturated rings. The molecular weight excluding hydrogens is 230 g/mol. The maximum atomic E-state index is 4.48. The smallest absolute Gasteiger partial charge is 0.0900 e. The van der Waals surface area contributed by atoms with Crippen molar-refractivity contribution in [2.45, 2.75) is 46.2 Å². The number of aromatic nitrogens is 1. The van der Waals surface area contributed by atoms with Crippen LogP contribution in [0.2, 0.25) is 0 Å². The highest BCUT2D eigenvalue weighted by Gasteiger charge is 2.14. The molecule has 1 N–H and O–H groups in total. The average molecular weight is 255 g/mol. The van der Waals surface area contributed by atoms with Crippen LogP contribution in [-0.4, -0.2) is 36.6 Å². The third-order valence-corrected chi connectivity index (χ3v) is 4.13. The lowest BCUT2D eigenvalue weighted by atomic mass is 10.1. The van der Waals surface area contributed by atoms with Gasteiger partial charge in [-0.2, -0.15) is 0 Å².